The number of fused-ring (bicyclic) bond motifs is 3. The second-order valence-corrected chi connectivity index (χ2v) is 7.22. The molecule has 0 fully saturated rings. The molecule has 2 aromatic carbocycles. The number of hydrogen-bond acceptors (Lipinski definition) is 6. The molecule has 154 valence electrons. The van der Waals surface area contributed by atoms with E-state index < -0.39 is 23.9 Å². The van der Waals surface area contributed by atoms with Gasteiger partial charge in [0.1, 0.15) is 17.4 Å². The summed E-state index contributed by atoms with van der Waals surface area (Å²) in [5.41, 5.74) is 2.05. The van der Waals surface area contributed by atoms with E-state index in [9.17, 15) is 19.5 Å². The molecule has 2 aliphatic rings. The van der Waals surface area contributed by atoms with Gasteiger partial charge in [0.2, 0.25) is 0 Å². The van der Waals surface area contributed by atoms with Crippen LogP contribution in [0.1, 0.15) is 45.5 Å². The highest BCUT2D eigenvalue weighted by Gasteiger charge is 2.41. The third kappa shape index (κ3) is 3.54. The van der Waals surface area contributed by atoms with Crippen molar-refractivity contribution in [2.45, 2.75) is 25.3 Å². The summed E-state index contributed by atoms with van der Waals surface area (Å²) in [6, 6.07) is 10.7. The Morgan fingerprint density at radius 2 is 1.93 bits per heavy atom. The van der Waals surface area contributed by atoms with Gasteiger partial charge in [-0.3, -0.25) is 0 Å². The number of carbonyl (C=O) groups is 3. The lowest BCUT2D eigenvalue weighted by Crippen LogP contribution is -2.41. The molecule has 7 nitrogen and oxygen atoms in total. The van der Waals surface area contributed by atoms with Gasteiger partial charge in [-0.25, -0.2) is 14.4 Å². The predicted octanol–water partition coefficient (Wildman–Crippen LogP) is 3.62. The summed E-state index contributed by atoms with van der Waals surface area (Å²) in [4.78, 5) is 36.5. The molecule has 7 heteroatoms. The molecule has 3 atom stereocenters. The number of allylic oxidation sites excluding steroid dienone is 2. The molecule has 1 aliphatic heterocycles. The third-order valence-corrected chi connectivity index (χ3v) is 5.45. The number of esters is 2. The number of aliphatic carboxylic acids is 1. The number of para-hydroxylation sites is 1. The number of carbonyl (C=O) groups excluding carboxylic acids is 2. The maximum Gasteiger partial charge on any atom is 0.343 e. The fourth-order valence-corrected chi connectivity index (χ4v) is 4.06. The summed E-state index contributed by atoms with van der Waals surface area (Å²) in [6.07, 6.45) is 4.63. The van der Waals surface area contributed by atoms with Crippen molar-refractivity contribution >= 4 is 23.6 Å². The van der Waals surface area contributed by atoms with E-state index in [1.165, 1.54) is 12.1 Å². The highest BCUT2D eigenvalue weighted by atomic mass is 16.5. The maximum atomic E-state index is 12.8. The van der Waals surface area contributed by atoms with Crippen molar-refractivity contribution in [3.8, 4) is 5.75 Å². The minimum absolute atomic E-state index is 0.0816. The van der Waals surface area contributed by atoms with Crippen molar-refractivity contribution in [2.75, 3.05) is 11.9 Å². The largest absolute Gasteiger partial charge is 0.480 e. The van der Waals surface area contributed by atoms with Crippen LogP contribution in [0.3, 0.4) is 0 Å². The number of hydrogen-bond donors (Lipinski definition) is 2. The Bertz CT molecular complexity index is 1040. The van der Waals surface area contributed by atoms with E-state index in [-0.39, 0.29) is 29.8 Å². The Hall–Kier alpha value is -3.61. The molecule has 1 heterocycles. The van der Waals surface area contributed by atoms with Gasteiger partial charge in [0.25, 0.3) is 0 Å². The normalized spacial score (nSPS) is 21.2. The Morgan fingerprint density at radius 1 is 1.13 bits per heavy atom. The van der Waals surface area contributed by atoms with Crippen LogP contribution in [-0.2, 0) is 9.53 Å². The zero-order valence-electron chi connectivity index (χ0n) is 16.3. The second kappa shape index (κ2) is 8.02. The molecule has 2 aromatic rings. The van der Waals surface area contributed by atoms with E-state index in [4.69, 9.17) is 9.47 Å². The van der Waals surface area contributed by atoms with Crippen molar-refractivity contribution < 1.29 is 29.0 Å². The minimum Gasteiger partial charge on any atom is -0.480 e. The SMILES string of the molecule is CCOC(=O)c1ccccc1OC(=O)c1ccc2c(c1)[C@@H]1C=CC[C@@H]1[C@H](C(=O)O)N2. The van der Waals surface area contributed by atoms with Gasteiger partial charge in [0.15, 0.2) is 0 Å². The standard InChI is InChI=1S/C23H21NO6/c1-2-29-23(28)16-6-3-4-9-19(16)30-22(27)13-10-11-18-17(12-13)14-7-5-8-15(14)20(24-18)21(25)26/h3-7,9-12,14-15,20,24H,2,8H2,1H3,(H,25,26)/t14-,15+,20-/m1/s1. The van der Waals surface area contributed by atoms with Gasteiger partial charge < -0.3 is 19.9 Å². The molecule has 0 amide bonds. The number of rotatable bonds is 5. The van der Waals surface area contributed by atoms with Crippen LogP contribution in [0, 0.1) is 5.92 Å². The molecule has 0 saturated carbocycles. The van der Waals surface area contributed by atoms with Crippen LogP contribution in [0.2, 0.25) is 0 Å². The lowest BCUT2D eigenvalue weighted by atomic mass is 9.79. The van der Waals surface area contributed by atoms with Crippen LogP contribution in [0.4, 0.5) is 5.69 Å². The third-order valence-electron chi connectivity index (χ3n) is 5.45. The lowest BCUT2D eigenvalue weighted by Gasteiger charge is -2.34. The second-order valence-electron chi connectivity index (χ2n) is 7.22. The van der Waals surface area contributed by atoms with Crippen LogP contribution in [0.15, 0.2) is 54.6 Å². The molecule has 4 rings (SSSR count). The molecular formula is C23H21NO6. The van der Waals surface area contributed by atoms with E-state index in [0.717, 1.165) is 5.56 Å². The molecular weight excluding hydrogens is 386 g/mol. The Balaban J connectivity index is 1.61. The molecule has 0 spiro atoms. The molecule has 1 aliphatic carbocycles. The number of carboxylic acids is 1. The molecule has 0 radical (unpaired) electrons. The van der Waals surface area contributed by atoms with Crippen LogP contribution in [0.5, 0.6) is 5.75 Å². The molecule has 0 unspecified atom stereocenters. The van der Waals surface area contributed by atoms with Gasteiger partial charge in [-0.05, 0) is 49.2 Å². The van der Waals surface area contributed by atoms with E-state index in [1.807, 2.05) is 12.2 Å². The van der Waals surface area contributed by atoms with Crippen molar-refractivity contribution in [1.29, 1.82) is 0 Å². The summed E-state index contributed by atoms with van der Waals surface area (Å²) in [7, 11) is 0. The molecule has 0 aromatic heterocycles. The van der Waals surface area contributed by atoms with Gasteiger partial charge in [0.05, 0.1) is 12.2 Å². The van der Waals surface area contributed by atoms with Gasteiger partial charge in [-0.2, -0.15) is 0 Å². The monoisotopic (exact) mass is 407 g/mol. The maximum absolute atomic E-state index is 12.8. The highest BCUT2D eigenvalue weighted by molar-refractivity contribution is 5.96. The average Bonchev–Trinajstić information content (AvgIpc) is 3.23. The van der Waals surface area contributed by atoms with Gasteiger partial charge in [-0.1, -0.05) is 24.3 Å². The lowest BCUT2D eigenvalue weighted by molar-refractivity contribution is -0.139. The van der Waals surface area contributed by atoms with Gasteiger partial charge >= 0.3 is 17.9 Å². The predicted molar refractivity (Wildman–Crippen MR) is 109 cm³/mol. The Labute approximate surface area is 173 Å². The van der Waals surface area contributed by atoms with Gasteiger partial charge in [-0.15, -0.1) is 0 Å². The number of carboxylic acid groups (broad SMARTS) is 1. The van der Waals surface area contributed by atoms with Crippen LogP contribution in [-0.4, -0.2) is 35.7 Å². The first-order valence-corrected chi connectivity index (χ1v) is 9.78. The Kier molecular flexibility index (Phi) is 5.27. The van der Waals surface area contributed by atoms with E-state index in [2.05, 4.69) is 5.32 Å². The van der Waals surface area contributed by atoms with E-state index >= 15 is 0 Å². The quantitative estimate of drug-likeness (QED) is 0.443. The first-order valence-electron chi connectivity index (χ1n) is 9.78. The zero-order chi connectivity index (χ0) is 21.3. The summed E-state index contributed by atoms with van der Waals surface area (Å²) in [5, 5.41) is 12.6. The topological polar surface area (TPSA) is 102 Å². The first kappa shape index (κ1) is 19.7. The summed E-state index contributed by atoms with van der Waals surface area (Å²) >= 11 is 0. The smallest absolute Gasteiger partial charge is 0.343 e. The van der Waals surface area contributed by atoms with Crippen molar-refractivity contribution in [3.63, 3.8) is 0 Å². The minimum atomic E-state index is -0.890. The number of benzene rings is 2. The van der Waals surface area contributed by atoms with Crippen LogP contribution < -0.4 is 10.1 Å². The highest BCUT2D eigenvalue weighted by Crippen LogP contribution is 2.44. The Morgan fingerprint density at radius 3 is 2.70 bits per heavy atom. The zero-order valence-corrected chi connectivity index (χ0v) is 16.3. The van der Waals surface area contributed by atoms with Crippen LogP contribution >= 0.6 is 0 Å². The molecule has 0 bridgehead atoms. The van der Waals surface area contributed by atoms with Gasteiger partial charge in [0, 0.05) is 17.5 Å². The first-order chi connectivity index (χ1) is 14.5. The van der Waals surface area contributed by atoms with Crippen molar-refractivity contribution in [3.05, 3.63) is 71.3 Å². The molecule has 0 saturated heterocycles. The van der Waals surface area contributed by atoms with Crippen molar-refractivity contribution in [2.24, 2.45) is 5.92 Å². The van der Waals surface area contributed by atoms with E-state index in [1.54, 1.807) is 37.3 Å². The molecule has 2 N–H and O–H groups in total. The number of anilines is 1. The number of ether oxygens (including phenoxy) is 2. The fraction of sp³-hybridized carbons (Fsp3) is 0.261. The average molecular weight is 407 g/mol. The van der Waals surface area contributed by atoms with E-state index in [0.29, 0.717) is 17.7 Å². The fourth-order valence-electron chi connectivity index (χ4n) is 4.06. The summed E-state index contributed by atoms with van der Waals surface area (Å²) in [6.45, 7) is 1.92. The molecule has 30 heavy (non-hydrogen) atoms. The number of nitrogens with one attached hydrogen (secondary N) is 1. The van der Waals surface area contributed by atoms with Crippen molar-refractivity contribution in [1.82, 2.24) is 0 Å². The van der Waals surface area contributed by atoms with Crippen LogP contribution in [0.25, 0.3) is 0 Å². The summed E-state index contributed by atoms with van der Waals surface area (Å²) < 4.78 is 10.5. The summed E-state index contributed by atoms with van der Waals surface area (Å²) in [5.74, 6) is -2.12.